The minimum atomic E-state index is -1.50. The molecule has 0 aliphatic carbocycles. The number of nitrogens with zero attached hydrogens (tertiary/aromatic N) is 3. The van der Waals surface area contributed by atoms with E-state index in [2.05, 4.69) is 10.1 Å². The summed E-state index contributed by atoms with van der Waals surface area (Å²) in [6.07, 6.45) is 1.84. The number of benzene rings is 2. The molecule has 0 saturated carbocycles. The van der Waals surface area contributed by atoms with Crippen LogP contribution in [0.2, 0.25) is 0 Å². The molecule has 5 heteroatoms. The molecule has 5 nitrogen and oxygen atoms in total. The average Bonchev–Trinajstić information content (AvgIpc) is 3.08. The molecular formula is C17H17N3O2. The molecule has 0 saturated heterocycles. The SMILES string of the molecule is OC(c1ccccc1)C(O)(Cn1cncn1)c1ccccc1. The number of hydrogen-bond donors (Lipinski definition) is 2. The van der Waals surface area contributed by atoms with Crippen molar-refractivity contribution in [1.29, 1.82) is 0 Å². The van der Waals surface area contributed by atoms with Gasteiger partial charge in [-0.05, 0) is 11.1 Å². The van der Waals surface area contributed by atoms with Crippen LogP contribution in [0.3, 0.4) is 0 Å². The minimum absolute atomic E-state index is 0.104. The van der Waals surface area contributed by atoms with E-state index in [0.717, 1.165) is 0 Å². The van der Waals surface area contributed by atoms with Gasteiger partial charge >= 0.3 is 0 Å². The third-order valence-electron chi connectivity index (χ3n) is 3.71. The summed E-state index contributed by atoms with van der Waals surface area (Å²) >= 11 is 0. The van der Waals surface area contributed by atoms with Gasteiger partial charge in [0.05, 0.1) is 6.54 Å². The van der Waals surface area contributed by atoms with Gasteiger partial charge in [0.15, 0.2) is 0 Å². The van der Waals surface area contributed by atoms with Gasteiger partial charge < -0.3 is 10.2 Å². The quantitative estimate of drug-likeness (QED) is 0.754. The Morgan fingerprint density at radius 3 is 2.23 bits per heavy atom. The van der Waals surface area contributed by atoms with Crippen LogP contribution < -0.4 is 0 Å². The van der Waals surface area contributed by atoms with Crippen LogP contribution >= 0.6 is 0 Å². The van der Waals surface area contributed by atoms with Gasteiger partial charge in [-0.1, -0.05) is 60.7 Å². The molecule has 0 amide bonds. The fourth-order valence-corrected chi connectivity index (χ4v) is 2.53. The highest BCUT2D eigenvalue weighted by atomic mass is 16.3. The van der Waals surface area contributed by atoms with Crippen LogP contribution in [0.4, 0.5) is 0 Å². The second kappa shape index (κ2) is 6.09. The number of rotatable bonds is 5. The summed E-state index contributed by atoms with van der Waals surface area (Å²) in [6.45, 7) is 0.104. The lowest BCUT2D eigenvalue weighted by molar-refractivity contribution is -0.0965. The summed E-state index contributed by atoms with van der Waals surface area (Å²) in [7, 11) is 0. The van der Waals surface area contributed by atoms with Crippen molar-refractivity contribution in [3.8, 4) is 0 Å². The maximum absolute atomic E-state index is 11.2. The molecule has 3 rings (SSSR count). The topological polar surface area (TPSA) is 71.2 Å². The van der Waals surface area contributed by atoms with Crippen molar-refractivity contribution in [2.24, 2.45) is 0 Å². The second-order valence-electron chi connectivity index (χ2n) is 5.20. The van der Waals surface area contributed by atoms with Crippen LogP contribution in [-0.2, 0) is 12.1 Å². The molecule has 2 atom stereocenters. The summed E-state index contributed by atoms with van der Waals surface area (Å²) in [6, 6.07) is 18.2. The summed E-state index contributed by atoms with van der Waals surface area (Å²) < 4.78 is 1.51. The average molecular weight is 295 g/mol. The van der Waals surface area contributed by atoms with Gasteiger partial charge in [0, 0.05) is 0 Å². The normalized spacial score (nSPS) is 15.2. The predicted octanol–water partition coefficient (Wildman–Crippen LogP) is 1.90. The Labute approximate surface area is 128 Å². The Hall–Kier alpha value is -2.50. The van der Waals surface area contributed by atoms with Gasteiger partial charge in [-0.15, -0.1) is 0 Å². The molecule has 3 aromatic rings. The maximum atomic E-state index is 11.2. The molecule has 0 bridgehead atoms. The third-order valence-corrected chi connectivity index (χ3v) is 3.71. The maximum Gasteiger partial charge on any atom is 0.139 e. The monoisotopic (exact) mass is 295 g/mol. The van der Waals surface area contributed by atoms with Crippen LogP contribution in [0.25, 0.3) is 0 Å². The van der Waals surface area contributed by atoms with E-state index < -0.39 is 11.7 Å². The molecule has 1 heterocycles. The molecule has 112 valence electrons. The highest BCUT2D eigenvalue weighted by Crippen LogP contribution is 2.36. The van der Waals surface area contributed by atoms with Crippen LogP contribution in [0.15, 0.2) is 73.3 Å². The lowest BCUT2D eigenvalue weighted by Gasteiger charge is -2.33. The molecule has 0 aliphatic rings. The van der Waals surface area contributed by atoms with E-state index in [1.807, 2.05) is 36.4 Å². The van der Waals surface area contributed by atoms with Crippen LogP contribution in [0.1, 0.15) is 17.2 Å². The van der Waals surface area contributed by atoms with Crippen molar-refractivity contribution in [3.63, 3.8) is 0 Å². The van der Waals surface area contributed by atoms with Crippen LogP contribution in [-0.4, -0.2) is 25.0 Å². The molecule has 2 aromatic carbocycles. The fourth-order valence-electron chi connectivity index (χ4n) is 2.53. The largest absolute Gasteiger partial charge is 0.385 e. The number of aliphatic hydroxyl groups excluding tert-OH is 1. The summed E-state index contributed by atoms with van der Waals surface area (Å²) in [5.41, 5.74) is -0.230. The first-order chi connectivity index (χ1) is 10.7. The molecule has 0 spiro atoms. The van der Waals surface area contributed by atoms with Gasteiger partial charge in [-0.2, -0.15) is 5.10 Å². The third kappa shape index (κ3) is 2.77. The molecule has 2 unspecified atom stereocenters. The lowest BCUT2D eigenvalue weighted by Crippen LogP contribution is -2.38. The van der Waals surface area contributed by atoms with Crippen molar-refractivity contribution in [3.05, 3.63) is 84.4 Å². The molecule has 0 radical (unpaired) electrons. The van der Waals surface area contributed by atoms with Crippen LogP contribution in [0, 0.1) is 0 Å². The molecule has 1 aromatic heterocycles. The van der Waals surface area contributed by atoms with E-state index in [4.69, 9.17) is 0 Å². The van der Waals surface area contributed by atoms with Gasteiger partial charge in [0.25, 0.3) is 0 Å². The first-order valence-corrected chi connectivity index (χ1v) is 7.03. The lowest BCUT2D eigenvalue weighted by atomic mass is 9.84. The van der Waals surface area contributed by atoms with E-state index in [1.165, 1.54) is 17.3 Å². The zero-order chi connectivity index (χ0) is 15.4. The number of hydrogen-bond acceptors (Lipinski definition) is 4. The first-order valence-electron chi connectivity index (χ1n) is 7.03. The Bertz CT molecular complexity index is 701. The van der Waals surface area contributed by atoms with E-state index in [1.54, 1.807) is 24.3 Å². The predicted molar refractivity (Wildman–Crippen MR) is 81.8 cm³/mol. The van der Waals surface area contributed by atoms with E-state index in [-0.39, 0.29) is 6.54 Å². The van der Waals surface area contributed by atoms with Crippen LogP contribution in [0.5, 0.6) is 0 Å². The van der Waals surface area contributed by atoms with Gasteiger partial charge in [0.1, 0.15) is 24.4 Å². The number of aliphatic hydroxyl groups is 2. The molecule has 0 fully saturated rings. The van der Waals surface area contributed by atoms with E-state index in [0.29, 0.717) is 11.1 Å². The second-order valence-corrected chi connectivity index (χ2v) is 5.20. The Balaban J connectivity index is 2.02. The van der Waals surface area contributed by atoms with Crippen molar-refractivity contribution in [1.82, 2.24) is 14.8 Å². The molecule has 2 N–H and O–H groups in total. The Kier molecular flexibility index (Phi) is 4.00. The smallest absolute Gasteiger partial charge is 0.139 e. The highest BCUT2D eigenvalue weighted by Gasteiger charge is 2.39. The Morgan fingerprint density at radius 1 is 1.00 bits per heavy atom. The van der Waals surface area contributed by atoms with Gasteiger partial charge in [-0.3, -0.25) is 0 Å². The minimum Gasteiger partial charge on any atom is -0.385 e. The summed E-state index contributed by atoms with van der Waals surface area (Å²) in [4.78, 5) is 3.89. The van der Waals surface area contributed by atoms with Crippen molar-refractivity contribution >= 4 is 0 Å². The molecule has 0 aliphatic heterocycles. The summed E-state index contributed by atoms with van der Waals surface area (Å²) in [5, 5.41) is 26.1. The van der Waals surface area contributed by atoms with Crippen molar-refractivity contribution in [2.75, 3.05) is 0 Å². The van der Waals surface area contributed by atoms with Gasteiger partial charge in [-0.25, -0.2) is 9.67 Å². The number of aromatic nitrogens is 3. The zero-order valence-electron chi connectivity index (χ0n) is 11.9. The van der Waals surface area contributed by atoms with Crippen molar-refractivity contribution in [2.45, 2.75) is 18.2 Å². The summed E-state index contributed by atoms with van der Waals surface area (Å²) in [5.74, 6) is 0. The zero-order valence-corrected chi connectivity index (χ0v) is 11.9. The van der Waals surface area contributed by atoms with Gasteiger partial charge in [0.2, 0.25) is 0 Å². The van der Waals surface area contributed by atoms with Crippen molar-refractivity contribution < 1.29 is 10.2 Å². The molecular weight excluding hydrogens is 278 g/mol. The van der Waals surface area contributed by atoms with E-state index >= 15 is 0 Å². The first kappa shape index (κ1) is 14.4. The van der Waals surface area contributed by atoms with E-state index in [9.17, 15) is 10.2 Å². The highest BCUT2D eigenvalue weighted by molar-refractivity contribution is 5.29. The fraction of sp³-hybridized carbons (Fsp3) is 0.176. The molecule has 22 heavy (non-hydrogen) atoms. The Morgan fingerprint density at radius 2 is 1.64 bits per heavy atom. The standard InChI is InChI=1S/C17H17N3O2/c21-16(14-7-3-1-4-8-14)17(22,11-20-13-18-12-19-20)15-9-5-2-6-10-15/h1-10,12-13,16,21-22H,11H2.